The van der Waals surface area contributed by atoms with E-state index >= 15 is 0 Å². The lowest BCUT2D eigenvalue weighted by molar-refractivity contribution is -0.113. The number of aromatic nitrogens is 3. The molecule has 158 valence electrons. The summed E-state index contributed by atoms with van der Waals surface area (Å²) in [4.78, 5) is 12.3. The second-order valence-electron chi connectivity index (χ2n) is 6.73. The molecule has 31 heavy (non-hydrogen) atoms. The molecular weight excluding hydrogens is 432 g/mol. The van der Waals surface area contributed by atoms with E-state index < -0.39 is 0 Å². The van der Waals surface area contributed by atoms with E-state index in [0.29, 0.717) is 34.8 Å². The van der Waals surface area contributed by atoms with Crippen molar-refractivity contribution >= 4 is 45.7 Å². The number of halogens is 1. The summed E-state index contributed by atoms with van der Waals surface area (Å²) in [6.45, 7) is 2.98. The number of nitrogens with one attached hydrogen (secondary N) is 1. The van der Waals surface area contributed by atoms with E-state index in [9.17, 15) is 4.79 Å². The molecule has 1 aromatic heterocycles. The highest BCUT2D eigenvalue weighted by molar-refractivity contribution is 7.99. The lowest BCUT2D eigenvalue weighted by atomic mass is 10.1. The molecule has 1 N–H and O–H groups in total. The highest BCUT2D eigenvalue weighted by Crippen LogP contribution is 2.26. The molecule has 0 atom stereocenters. The van der Waals surface area contributed by atoms with Crippen LogP contribution in [0.1, 0.15) is 12.7 Å². The molecule has 0 aliphatic carbocycles. The number of amides is 1. The van der Waals surface area contributed by atoms with Gasteiger partial charge in [-0.3, -0.25) is 4.79 Å². The van der Waals surface area contributed by atoms with Gasteiger partial charge < -0.3 is 14.6 Å². The normalized spacial score (nSPS) is 10.9. The Kier molecular flexibility index (Phi) is 6.74. The topological polar surface area (TPSA) is 69.0 Å². The molecule has 0 radical (unpaired) electrons. The molecule has 0 aliphatic heterocycles. The average Bonchev–Trinajstić information content (AvgIpc) is 3.19. The third-order valence-electron chi connectivity index (χ3n) is 4.70. The Balaban J connectivity index is 1.40. The molecule has 0 saturated carbocycles. The first kappa shape index (κ1) is 21.2. The van der Waals surface area contributed by atoms with Gasteiger partial charge in [0.15, 0.2) is 11.0 Å². The maximum absolute atomic E-state index is 12.3. The lowest BCUT2D eigenvalue weighted by Crippen LogP contribution is -2.15. The summed E-state index contributed by atoms with van der Waals surface area (Å²) in [5.41, 5.74) is 0.593. The Morgan fingerprint density at radius 2 is 1.84 bits per heavy atom. The summed E-state index contributed by atoms with van der Waals surface area (Å²) in [6, 6.07) is 21.2. The van der Waals surface area contributed by atoms with Gasteiger partial charge >= 0.3 is 0 Å². The molecule has 4 rings (SSSR count). The van der Waals surface area contributed by atoms with E-state index in [0.717, 1.165) is 16.5 Å². The summed E-state index contributed by atoms with van der Waals surface area (Å²) >= 11 is 7.42. The number of thioether (sulfide) groups is 1. The molecule has 8 heteroatoms. The highest BCUT2D eigenvalue weighted by atomic mass is 35.5. The number of rotatable bonds is 8. The Bertz CT molecular complexity index is 1210. The van der Waals surface area contributed by atoms with Gasteiger partial charge in [-0.25, -0.2) is 0 Å². The van der Waals surface area contributed by atoms with Crippen molar-refractivity contribution in [2.75, 3.05) is 11.1 Å². The molecule has 1 heterocycles. The van der Waals surface area contributed by atoms with Crippen molar-refractivity contribution in [2.24, 2.45) is 0 Å². The van der Waals surface area contributed by atoms with Gasteiger partial charge in [-0.15, -0.1) is 10.2 Å². The van der Waals surface area contributed by atoms with Crippen molar-refractivity contribution < 1.29 is 9.53 Å². The number of ether oxygens (including phenoxy) is 1. The lowest BCUT2D eigenvalue weighted by Gasteiger charge is -2.11. The molecule has 3 aromatic carbocycles. The Hall–Kier alpha value is -3.03. The van der Waals surface area contributed by atoms with Crippen molar-refractivity contribution in [2.45, 2.75) is 25.2 Å². The van der Waals surface area contributed by atoms with Gasteiger partial charge in [-0.1, -0.05) is 71.9 Å². The quantitative estimate of drug-likeness (QED) is 0.362. The number of hydrogen-bond acceptors (Lipinski definition) is 5. The van der Waals surface area contributed by atoms with Gasteiger partial charge in [0.25, 0.3) is 0 Å². The molecule has 0 saturated heterocycles. The van der Waals surface area contributed by atoms with Crippen LogP contribution in [-0.2, 0) is 17.9 Å². The number of hydrogen-bond donors (Lipinski definition) is 1. The average molecular weight is 453 g/mol. The predicted octanol–water partition coefficient (Wildman–Crippen LogP) is 5.41. The van der Waals surface area contributed by atoms with Crippen LogP contribution in [0.4, 0.5) is 5.69 Å². The SMILES string of the molecule is CCn1c(COc2cccc3ccccc23)nnc1SCC(=O)Nc1ccccc1Cl. The first-order chi connectivity index (χ1) is 15.2. The number of carbonyl (C=O) groups is 1. The third kappa shape index (κ3) is 5.00. The smallest absolute Gasteiger partial charge is 0.234 e. The summed E-state index contributed by atoms with van der Waals surface area (Å²) < 4.78 is 8.01. The Morgan fingerprint density at radius 3 is 2.68 bits per heavy atom. The van der Waals surface area contributed by atoms with E-state index in [4.69, 9.17) is 16.3 Å². The summed E-state index contributed by atoms with van der Waals surface area (Å²) in [5, 5.41) is 14.7. The van der Waals surface area contributed by atoms with Crippen LogP contribution >= 0.6 is 23.4 Å². The van der Waals surface area contributed by atoms with Gasteiger partial charge in [0.1, 0.15) is 12.4 Å². The fourth-order valence-corrected chi connectivity index (χ4v) is 4.20. The molecule has 0 fully saturated rings. The second-order valence-corrected chi connectivity index (χ2v) is 8.08. The molecule has 0 unspecified atom stereocenters. The number of nitrogens with zero attached hydrogens (tertiary/aromatic N) is 3. The number of benzene rings is 3. The van der Waals surface area contributed by atoms with Crippen LogP contribution in [0, 0.1) is 0 Å². The third-order valence-corrected chi connectivity index (χ3v) is 5.99. The van der Waals surface area contributed by atoms with Crippen LogP contribution in [-0.4, -0.2) is 26.4 Å². The van der Waals surface area contributed by atoms with Crippen LogP contribution in [0.25, 0.3) is 10.8 Å². The maximum Gasteiger partial charge on any atom is 0.234 e. The van der Waals surface area contributed by atoms with Gasteiger partial charge in [-0.2, -0.15) is 0 Å². The number of anilines is 1. The minimum atomic E-state index is -0.155. The zero-order valence-corrected chi connectivity index (χ0v) is 18.5. The van der Waals surface area contributed by atoms with Crippen LogP contribution < -0.4 is 10.1 Å². The largest absolute Gasteiger partial charge is 0.485 e. The minimum Gasteiger partial charge on any atom is -0.485 e. The molecule has 0 spiro atoms. The zero-order chi connectivity index (χ0) is 21.6. The summed E-state index contributed by atoms with van der Waals surface area (Å²) in [7, 11) is 0. The molecule has 6 nitrogen and oxygen atoms in total. The minimum absolute atomic E-state index is 0.155. The van der Waals surface area contributed by atoms with Crippen LogP contribution in [0.2, 0.25) is 5.02 Å². The van der Waals surface area contributed by atoms with Crippen molar-refractivity contribution in [1.29, 1.82) is 0 Å². The van der Waals surface area contributed by atoms with E-state index in [1.807, 2.05) is 54.0 Å². The molecule has 4 aromatic rings. The number of carbonyl (C=O) groups excluding carboxylic acids is 1. The van der Waals surface area contributed by atoms with Gasteiger partial charge in [0.2, 0.25) is 5.91 Å². The summed E-state index contributed by atoms with van der Waals surface area (Å²) in [6.07, 6.45) is 0. The van der Waals surface area contributed by atoms with Gasteiger partial charge in [0, 0.05) is 11.9 Å². The van der Waals surface area contributed by atoms with Crippen LogP contribution in [0.15, 0.2) is 71.9 Å². The van der Waals surface area contributed by atoms with E-state index in [2.05, 4.69) is 27.6 Å². The first-order valence-corrected chi connectivity index (χ1v) is 11.2. The monoisotopic (exact) mass is 452 g/mol. The first-order valence-electron chi connectivity index (χ1n) is 9.85. The van der Waals surface area contributed by atoms with E-state index in [1.54, 1.807) is 12.1 Å². The second kappa shape index (κ2) is 9.85. The van der Waals surface area contributed by atoms with Crippen LogP contribution in [0.3, 0.4) is 0 Å². The Labute approximate surface area is 189 Å². The van der Waals surface area contributed by atoms with Gasteiger partial charge in [0.05, 0.1) is 16.5 Å². The number of para-hydroxylation sites is 1. The molecular formula is C23H21ClN4O2S. The van der Waals surface area contributed by atoms with Crippen molar-refractivity contribution in [3.05, 3.63) is 77.6 Å². The highest BCUT2D eigenvalue weighted by Gasteiger charge is 2.15. The predicted molar refractivity (Wildman–Crippen MR) is 125 cm³/mol. The van der Waals surface area contributed by atoms with Crippen molar-refractivity contribution in [3.63, 3.8) is 0 Å². The maximum atomic E-state index is 12.3. The standard InChI is InChI=1S/C23H21ClN4O2S/c1-2-28-21(14-30-20-13-7-9-16-8-3-4-10-17(16)20)26-27-23(28)31-15-22(29)25-19-12-6-5-11-18(19)24/h3-13H,2,14-15H2,1H3,(H,25,29). The van der Waals surface area contributed by atoms with Crippen LogP contribution in [0.5, 0.6) is 5.75 Å². The fourth-order valence-electron chi connectivity index (χ4n) is 3.19. The number of fused-ring (bicyclic) bond motifs is 1. The molecule has 0 bridgehead atoms. The van der Waals surface area contributed by atoms with Crippen molar-refractivity contribution in [1.82, 2.24) is 14.8 Å². The Morgan fingerprint density at radius 1 is 1.06 bits per heavy atom. The molecule has 1 amide bonds. The van der Waals surface area contributed by atoms with E-state index in [1.165, 1.54) is 11.8 Å². The zero-order valence-electron chi connectivity index (χ0n) is 16.9. The summed E-state index contributed by atoms with van der Waals surface area (Å²) in [5.74, 6) is 1.56. The van der Waals surface area contributed by atoms with Crippen molar-refractivity contribution in [3.8, 4) is 5.75 Å². The van der Waals surface area contributed by atoms with E-state index in [-0.39, 0.29) is 11.7 Å². The molecule has 0 aliphatic rings. The van der Waals surface area contributed by atoms with Gasteiger partial charge in [-0.05, 0) is 30.5 Å². The fraction of sp³-hybridized carbons (Fsp3) is 0.174.